The molecular weight excluding hydrogens is 236 g/mol. The van der Waals surface area contributed by atoms with Crippen molar-refractivity contribution in [2.75, 3.05) is 11.9 Å². The van der Waals surface area contributed by atoms with Gasteiger partial charge in [-0.2, -0.15) is 0 Å². The molecule has 0 aliphatic heterocycles. The molecule has 0 amide bonds. The van der Waals surface area contributed by atoms with Gasteiger partial charge in [-0.3, -0.25) is 4.79 Å². The molecule has 1 aromatic rings. The Morgan fingerprint density at radius 1 is 1.16 bits per heavy atom. The van der Waals surface area contributed by atoms with E-state index in [0.29, 0.717) is 18.2 Å². The normalized spacial score (nSPS) is 26.3. The zero-order chi connectivity index (χ0) is 13.2. The van der Waals surface area contributed by atoms with Crippen LogP contribution in [-0.2, 0) is 6.42 Å². The molecule has 1 aromatic carbocycles. The highest BCUT2D eigenvalue weighted by Crippen LogP contribution is 2.27. The topological polar surface area (TPSA) is 55.1 Å². The third-order valence-corrected chi connectivity index (χ3v) is 4.51. The van der Waals surface area contributed by atoms with Gasteiger partial charge in [0.1, 0.15) is 0 Å². The SMILES string of the molecule is NC1CCC(CNc2ccc3c(c2)CCC3=O)CC1. The predicted octanol–water partition coefficient (Wildman–Crippen LogP) is 2.74. The first-order chi connectivity index (χ1) is 9.22. The van der Waals surface area contributed by atoms with Crippen LogP contribution >= 0.6 is 0 Å². The lowest BCUT2D eigenvalue weighted by Crippen LogP contribution is -2.29. The molecular formula is C16H22N2O. The molecule has 102 valence electrons. The van der Waals surface area contributed by atoms with Gasteiger partial charge >= 0.3 is 0 Å². The smallest absolute Gasteiger partial charge is 0.163 e. The number of anilines is 1. The second-order valence-electron chi connectivity index (χ2n) is 5.96. The van der Waals surface area contributed by atoms with Crippen LogP contribution in [0.25, 0.3) is 0 Å². The molecule has 0 spiro atoms. The summed E-state index contributed by atoms with van der Waals surface area (Å²) in [5, 5.41) is 3.52. The summed E-state index contributed by atoms with van der Waals surface area (Å²) in [6.45, 7) is 1.03. The molecule has 19 heavy (non-hydrogen) atoms. The Morgan fingerprint density at radius 2 is 1.95 bits per heavy atom. The molecule has 0 unspecified atom stereocenters. The molecule has 3 rings (SSSR count). The molecule has 0 bridgehead atoms. The Balaban J connectivity index is 1.57. The number of ketones is 1. The fourth-order valence-corrected chi connectivity index (χ4v) is 3.22. The minimum atomic E-state index is 0.294. The summed E-state index contributed by atoms with van der Waals surface area (Å²) in [5.41, 5.74) is 9.22. The lowest BCUT2D eigenvalue weighted by atomic mass is 9.86. The summed E-state index contributed by atoms with van der Waals surface area (Å²) < 4.78 is 0. The van der Waals surface area contributed by atoms with Crippen LogP contribution in [0.5, 0.6) is 0 Å². The van der Waals surface area contributed by atoms with Crippen LogP contribution in [0.2, 0.25) is 0 Å². The fraction of sp³-hybridized carbons (Fsp3) is 0.562. The highest BCUT2D eigenvalue weighted by molar-refractivity contribution is 6.00. The minimum Gasteiger partial charge on any atom is -0.385 e. The number of carbonyl (C=O) groups excluding carboxylic acids is 1. The van der Waals surface area contributed by atoms with Crippen molar-refractivity contribution in [3.05, 3.63) is 29.3 Å². The lowest BCUT2D eigenvalue weighted by molar-refractivity contribution is 0.0994. The average molecular weight is 258 g/mol. The van der Waals surface area contributed by atoms with Crippen molar-refractivity contribution in [1.82, 2.24) is 0 Å². The number of benzene rings is 1. The average Bonchev–Trinajstić information content (AvgIpc) is 2.79. The van der Waals surface area contributed by atoms with E-state index in [-0.39, 0.29) is 0 Å². The predicted molar refractivity (Wildman–Crippen MR) is 77.5 cm³/mol. The van der Waals surface area contributed by atoms with E-state index in [1.807, 2.05) is 12.1 Å². The Labute approximate surface area is 114 Å². The first-order valence-corrected chi connectivity index (χ1v) is 7.38. The van der Waals surface area contributed by atoms with Crippen molar-refractivity contribution in [3.8, 4) is 0 Å². The number of Topliss-reactive ketones (excluding diaryl/α,β-unsaturated/α-hetero) is 1. The second kappa shape index (κ2) is 5.33. The number of nitrogens with two attached hydrogens (primary N) is 1. The van der Waals surface area contributed by atoms with Crippen LogP contribution in [0.15, 0.2) is 18.2 Å². The van der Waals surface area contributed by atoms with Crippen LogP contribution in [0.4, 0.5) is 5.69 Å². The largest absolute Gasteiger partial charge is 0.385 e. The maximum Gasteiger partial charge on any atom is 0.163 e. The van der Waals surface area contributed by atoms with E-state index >= 15 is 0 Å². The van der Waals surface area contributed by atoms with Gasteiger partial charge in [0.05, 0.1) is 0 Å². The number of aryl methyl sites for hydroxylation is 1. The van der Waals surface area contributed by atoms with Gasteiger partial charge in [-0.25, -0.2) is 0 Å². The summed E-state index contributed by atoms with van der Waals surface area (Å²) in [7, 11) is 0. The van der Waals surface area contributed by atoms with Gasteiger partial charge in [-0.05, 0) is 61.8 Å². The van der Waals surface area contributed by atoms with Crippen molar-refractivity contribution < 1.29 is 4.79 Å². The van der Waals surface area contributed by atoms with E-state index < -0.39 is 0 Å². The maximum atomic E-state index is 11.6. The van der Waals surface area contributed by atoms with Gasteiger partial charge in [0.25, 0.3) is 0 Å². The molecule has 3 heteroatoms. The van der Waals surface area contributed by atoms with Gasteiger partial charge in [0.2, 0.25) is 0 Å². The highest BCUT2D eigenvalue weighted by Gasteiger charge is 2.20. The summed E-state index contributed by atoms with van der Waals surface area (Å²) >= 11 is 0. The van der Waals surface area contributed by atoms with Crippen LogP contribution in [-0.4, -0.2) is 18.4 Å². The number of nitrogens with one attached hydrogen (secondary N) is 1. The molecule has 0 atom stereocenters. The molecule has 3 N–H and O–H groups in total. The lowest BCUT2D eigenvalue weighted by Gasteiger charge is -2.26. The third-order valence-electron chi connectivity index (χ3n) is 4.51. The molecule has 2 aliphatic rings. The van der Waals surface area contributed by atoms with Crippen LogP contribution in [0, 0.1) is 5.92 Å². The van der Waals surface area contributed by atoms with Crippen molar-refractivity contribution in [1.29, 1.82) is 0 Å². The Hall–Kier alpha value is -1.35. The van der Waals surface area contributed by atoms with Crippen molar-refractivity contribution >= 4 is 11.5 Å². The van der Waals surface area contributed by atoms with E-state index in [1.165, 1.54) is 18.4 Å². The Kier molecular flexibility index (Phi) is 3.56. The monoisotopic (exact) mass is 258 g/mol. The van der Waals surface area contributed by atoms with Gasteiger partial charge in [0, 0.05) is 30.3 Å². The Morgan fingerprint density at radius 3 is 2.74 bits per heavy atom. The molecule has 3 nitrogen and oxygen atoms in total. The van der Waals surface area contributed by atoms with Crippen LogP contribution in [0.3, 0.4) is 0 Å². The zero-order valence-corrected chi connectivity index (χ0v) is 11.3. The number of hydrogen-bond donors (Lipinski definition) is 2. The third kappa shape index (κ3) is 2.81. The molecule has 0 saturated heterocycles. The molecule has 1 fully saturated rings. The van der Waals surface area contributed by atoms with E-state index in [0.717, 1.165) is 43.0 Å². The quantitative estimate of drug-likeness (QED) is 0.876. The number of carbonyl (C=O) groups is 1. The molecule has 0 radical (unpaired) electrons. The summed E-state index contributed by atoms with van der Waals surface area (Å²) in [5.74, 6) is 1.04. The fourth-order valence-electron chi connectivity index (χ4n) is 3.22. The summed E-state index contributed by atoms with van der Waals surface area (Å²) in [6.07, 6.45) is 6.37. The minimum absolute atomic E-state index is 0.294. The molecule has 0 heterocycles. The molecule has 2 aliphatic carbocycles. The van der Waals surface area contributed by atoms with E-state index in [2.05, 4.69) is 11.4 Å². The highest BCUT2D eigenvalue weighted by atomic mass is 16.1. The van der Waals surface area contributed by atoms with Crippen molar-refractivity contribution in [3.63, 3.8) is 0 Å². The van der Waals surface area contributed by atoms with E-state index in [4.69, 9.17) is 5.73 Å². The molecule has 1 saturated carbocycles. The zero-order valence-electron chi connectivity index (χ0n) is 11.3. The first-order valence-electron chi connectivity index (χ1n) is 7.38. The van der Waals surface area contributed by atoms with E-state index in [1.54, 1.807) is 0 Å². The standard InChI is InChI=1S/C16H22N2O/c17-13-4-1-11(2-5-13)10-18-14-6-7-15-12(9-14)3-8-16(15)19/h6-7,9,11,13,18H,1-5,8,10,17H2. The summed E-state index contributed by atoms with van der Waals surface area (Å²) in [4.78, 5) is 11.6. The van der Waals surface area contributed by atoms with Crippen molar-refractivity contribution in [2.24, 2.45) is 11.7 Å². The second-order valence-corrected chi connectivity index (χ2v) is 5.96. The Bertz CT molecular complexity index is 476. The summed E-state index contributed by atoms with van der Waals surface area (Å²) in [6, 6.07) is 6.58. The number of hydrogen-bond acceptors (Lipinski definition) is 3. The maximum absolute atomic E-state index is 11.6. The van der Waals surface area contributed by atoms with Gasteiger partial charge in [-0.1, -0.05) is 0 Å². The molecule has 0 aromatic heterocycles. The van der Waals surface area contributed by atoms with Gasteiger partial charge in [-0.15, -0.1) is 0 Å². The van der Waals surface area contributed by atoms with Crippen LogP contribution in [0.1, 0.15) is 48.0 Å². The van der Waals surface area contributed by atoms with Gasteiger partial charge in [0.15, 0.2) is 5.78 Å². The van der Waals surface area contributed by atoms with Crippen molar-refractivity contribution in [2.45, 2.75) is 44.6 Å². The van der Waals surface area contributed by atoms with Gasteiger partial charge < -0.3 is 11.1 Å². The van der Waals surface area contributed by atoms with E-state index in [9.17, 15) is 4.79 Å². The van der Waals surface area contributed by atoms with Crippen LogP contribution < -0.4 is 11.1 Å². The first kappa shape index (κ1) is 12.7. The number of rotatable bonds is 3. The number of fused-ring (bicyclic) bond motifs is 1.